The van der Waals surface area contributed by atoms with E-state index in [2.05, 4.69) is 33.9 Å². The van der Waals surface area contributed by atoms with Crippen molar-refractivity contribution in [3.8, 4) is 0 Å². The van der Waals surface area contributed by atoms with Gasteiger partial charge in [0.1, 0.15) is 11.7 Å². The van der Waals surface area contributed by atoms with Crippen LogP contribution in [0, 0.1) is 6.92 Å². The molecule has 0 aromatic carbocycles. The van der Waals surface area contributed by atoms with E-state index in [1.54, 1.807) is 5.48 Å². The van der Waals surface area contributed by atoms with Crippen LogP contribution in [0.3, 0.4) is 0 Å². The number of amides is 1. The molecule has 25 heavy (non-hydrogen) atoms. The number of amidine groups is 1. The van der Waals surface area contributed by atoms with Gasteiger partial charge in [0.25, 0.3) is 0 Å². The summed E-state index contributed by atoms with van der Waals surface area (Å²) in [7, 11) is 0. The molecule has 0 saturated carbocycles. The zero-order valence-electron chi connectivity index (χ0n) is 15.2. The number of carbonyl (C=O) groups excluding carboxylic acids is 1. The van der Waals surface area contributed by atoms with Gasteiger partial charge in [-0.2, -0.15) is 0 Å². The Morgan fingerprint density at radius 2 is 2.00 bits per heavy atom. The Hall–Kier alpha value is -2.21. The van der Waals surface area contributed by atoms with Crippen LogP contribution in [0.25, 0.3) is 0 Å². The second kappa shape index (κ2) is 9.93. The molecule has 1 aliphatic heterocycles. The highest BCUT2D eigenvalue weighted by molar-refractivity contribution is 5.98. The molecule has 0 fully saturated rings. The van der Waals surface area contributed by atoms with Gasteiger partial charge in [-0.25, -0.2) is 15.5 Å². The van der Waals surface area contributed by atoms with Crippen molar-refractivity contribution < 1.29 is 10.0 Å². The van der Waals surface area contributed by atoms with Gasteiger partial charge in [0.15, 0.2) is 0 Å². The van der Waals surface area contributed by atoms with Gasteiger partial charge < -0.3 is 4.90 Å². The Morgan fingerprint density at radius 3 is 2.64 bits per heavy atom. The molecule has 6 nitrogen and oxygen atoms in total. The first kappa shape index (κ1) is 19.1. The minimum Gasteiger partial charge on any atom is -0.315 e. The molecule has 0 atom stereocenters. The molecular formula is C19H28N4O2. The fourth-order valence-corrected chi connectivity index (χ4v) is 2.79. The number of nitrogens with one attached hydrogen (secondary N) is 1. The monoisotopic (exact) mass is 344 g/mol. The standard InChI is InChI=1S/C19H28N4O2/c1-15-8-10-17(20-13-15)23(18-11-9-16(2)14-21-18)12-6-4-3-5-7-19(24)22-25/h8,10,13-14,25H,3-7,9,11-12H2,1-2H3,(H,22,24). The van der Waals surface area contributed by atoms with Crippen LogP contribution in [0.4, 0.5) is 5.82 Å². The van der Waals surface area contributed by atoms with Crippen molar-refractivity contribution in [1.29, 1.82) is 0 Å². The summed E-state index contributed by atoms with van der Waals surface area (Å²) in [6, 6.07) is 4.13. The van der Waals surface area contributed by atoms with E-state index in [1.165, 1.54) is 5.57 Å². The largest absolute Gasteiger partial charge is 0.315 e. The van der Waals surface area contributed by atoms with Crippen LogP contribution in [0.15, 0.2) is 35.1 Å². The number of hydroxylamine groups is 1. The lowest BCUT2D eigenvalue weighted by Crippen LogP contribution is -2.33. The van der Waals surface area contributed by atoms with Crippen LogP contribution < -0.4 is 10.4 Å². The highest BCUT2D eigenvalue weighted by Crippen LogP contribution is 2.20. The minimum atomic E-state index is -0.316. The molecule has 0 saturated heterocycles. The van der Waals surface area contributed by atoms with Gasteiger partial charge in [0.05, 0.1) is 0 Å². The average molecular weight is 344 g/mol. The number of aliphatic imine (C=N–C) groups is 1. The van der Waals surface area contributed by atoms with Crippen molar-refractivity contribution in [3.63, 3.8) is 0 Å². The number of hydrogen-bond acceptors (Lipinski definition) is 5. The summed E-state index contributed by atoms with van der Waals surface area (Å²) < 4.78 is 0. The van der Waals surface area contributed by atoms with Gasteiger partial charge in [-0.15, -0.1) is 0 Å². The summed E-state index contributed by atoms with van der Waals surface area (Å²) in [5, 5.41) is 8.49. The smallest absolute Gasteiger partial charge is 0.243 e. The number of rotatable bonds is 8. The average Bonchev–Trinajstić information content (AvgIpc) is 2.63. The van der Waals surface area contributed by atoms with E-state index >= 15 is 0 Å². The van der Waals surface area contributed by atoms with E-state index in [1.807, 2.05) is 19.3 Å². The van der Waals surface area contributed by atoms with Crippen LogP contribution in [0.1, 0.15) is 57.4 Å². The summed E-state index contributed by atoms with van der Waals surface area (Å²) >= 11 is 0. The number of pyridine rings is 1. The number of aryl methyl sites for hydroxylation is 1. The quantitative estimate of drug-likeness (QED) is 0.428. The van der Waals surface area contributed by atoms with E-state index in [4.69, 9.17) is 5.21 Å². The first-order chi connectivity index (χ1) is 12.1. The molecule has 2 rings (SSSR count). The summed E-state index contributed by atoms with van der Waals surface area (Å²) in [4.78, 5) is 22.4. The third-order valence-corrected chi connectivity index (χ3v) is 4.32. The molecule has 0 aliphatic carbocycles. The van der Waals surface area contributed by atoms with Crippen molar-refractivity contribution in [2.45, 2.75) is 58.8 Å². The van der Waals surface area contributed by atoms with Crippen LogP contribution >= 0.6 is 0 Å². The number of hydrogen-bond donors (Lipinski definition) is 2. The van der Waals surface area contributed by atoms with E-state index in [9.17, 15) is 4.79 Å². The Bertz CT molecular complexity index is 623. The molecule has 1 aromatic rings. The topological polar surface area (TPSA) is 77.8 Å². The molecule has 0 radical (unpaired) electrons. The third-order valence-electron chi connectivity index (χ3n) is 4.32. The Balaban J connectivity index is 1.91. The third kappa shape index (κ3) is 6.31. The molecule has 0 bridgehead atoms. The van der Waals surface area contributed by atoms with Crippen molar-refractivity contribution in [2.24, 2.45) is 4.99 Å². The number of nitrogens with zero attached hydrogens (tertiary/aromatic N) is 3. The van der Waals surface area contributed by atoms with Crippen LogP contribution in [-0.4, -0.2) is 28.5 Å². The minimum absolute atomic E-state index is 0.316. The first-order valence-corrected chi connectivity index (χ1v) is 8.95. The Kier molecular flexibility index (Phi) is 7.60. The summed E-state index contributed by atoms with van der Waals surface area (Å²) in [5.74, 6) is 1.70. The molecule has 1 aromatic heterocycles. The predicted octanol–water partition coefficient (Wildman–Crippen LogP) is 3.75. The number of allylic oxidation sites excluding steroid dienone is 1. The molecular weight excluding hydrogens is 316 g/mol. The van der Waals surface area contributed by atoms with Crippen LogP contribution in [0.5, 0.6) is 0 Å². The summed E-state index contributed by atoms with van der Waals surface area (Å²) in [6.45, 7) is 5.01. The van der Waals surface area contributed by atoms with Crippen molar-refractivity contribution in [2.75, 3.05) is 11.4 Å². The lowest BCUT2D eigenvalue weighted by Gasteiger charge is -2.27. The zero-order chi connectivity index (χ0) is 18.1. The molecule has 1 aliphatic rings. The van der Waals surface area contributed by atoms with Crippen molar-refractivity contribution >= 4 is 17.6 Å². The fourth-order valence-electron chi connectivity index (χ4n) is 2.79. The number of unbranched alkanes of at least 4 members (excludes halogenated alkanes) is 3. The van der Waals surface area contributed by atoms with Gasteiger partial charge in [0, 0.05) is 31.8 Å². The Labute approximate surface area is 149 Å². The summed E-state index contributed by atoms with van der Waals surface area (Å²) in [5.41, 5.74) is 4.12. The molecule has 2 N–H and O–H groups in total. The van der Waals surface area contributed by atoms with Gasteiger partial charge in [-0.05, 0) is 44.7 Å². The predicted molar refractivity (Wildman–Crippen MR) is 99.8 cm³/mol. The van der Waals surface area contributed by atoms with E-state index in [-0.39, 0.29) is 5.91 Å². The molecule has 2 heterocycles. The van der Waals surface area contributed by atoms with Gasteiger partial charge >= 0.3 is 0 Å². The lowest BCUT2D eigenvalue weighted by molar-refractivity contribution is -0.129. The maximum Gasteiger partial charge on any atom is 0.243 e. The van der Waals surface area contributed by atoms with Crippen molar-refractivity contribution in [1.82, 2.24) is 10.5 Å². The van der Waals surface area contributed by atoms with E-state index in [0.717, 1.165) is 62.3 Å². The van der Waals surface area contributed by atoms with Gasteiger partial charge in [-0.1, -0.05) is 24.5 Å². The summed E-state index contributed by atoms with van der Waals surface area (Å²) in [6.07, 6.45) is 9.99. The molecule has 136 valence electrons. The van der Waals surface area contributed by atoms with Crippen LogP contribution in [0.2, 0.25) is 0 Å². The van der Waals surface area contributed by atoms with Gasteiger partial charge in [-0.3, -0.25) is 10.0 Å². The fraction of sp³-hybridized carbons (Fsp3) is 0.526. The molecule has 1 amide bonds. The highest BCUT2D eigenvalue weighted by atomic mass is 16.5. The molecule has 6 heteroatoms. The maximum atomic E-state index is 11.0. The van der Waals surface area contributed by atoms with E-state index < -0.39 is 0 Å². The number of carbonyl (C=O) groups is 1. The van der Waals surface area contributed by atoms with Gasteiger partial charge in [0.2, 0.25) is 5.91 Å². The van der Waals surface area contributed by atoms with Crippen molar-refractivity contribution in [3.05, 3.63) is 35.7 Å². The zero-order valence-corrected chi connectivity index (χ0v) is 15.2. The number of aromatic nitrogens is 1. The normalized spacial score (nSPS) is 13.9. The second-order valence-corrected chi connectivity index (χ2v) is 6.57. The lowest BCUT2D eigenvalue weighted by atomic mass is 10.1. The second-order valence-electron chi connectivity index (χ2n) is 6.57. The van der Waals surface area contributed by atoms with E-state index in [0.29, 0.717) is 6.42 Å². The first-order valence-electron chi connectivity index (χ1n) is 8.95. The molecule has 0 unspecified atom stereocenters. The Morgan fingerprint density at radius 1 is 1.20 bits per heavy atom. The maximum absolute atomic E-state index is 11.0. The number of anilines is 1. The van der Waals surface area contributed by atoms with Crippen LogP contribution in [-0.2, 0) is 4.79 Å². The molecule has 0 spiro atoms. The SMILES string of the molecule is CC1=CN=C(N(CCCCCCC(=O)NO)c2ccc(C)cn2)CC1. The highest BCUT2D eigenvalue weighted by Gasteiger charge is 2.16.